The Bertz CT molecular complexity index is 2920. The summed E-state index contributed by atoms with van der Waals surface area (Å²) in [5.74, 6) is 0.311. The number of hydrogen-bond acceptors (Lipinski definition) is 8. The van der Waals surface area contributed by atoms with Gasteiger partial charge in [0.05, 0.1) is 30.6 Å². The van der Waals surface area contributed by atoms with Gasteiger partial charge in [0.25, 0.3) is 0 Å². The van der Waals surface area contributed by atoms with Gasteiger partial charge >= 0.3 is 0 Å². The number of carbonyl (C=O) groups excluding carboxylic acids is 2. The maximum Gasteiger partial charge on any atom is 0.223 e. The van der Waals surface area contributed by atoms with E-state index in [2.05, 4.69) is 159 Å². The van der Waals surface area contributed by atoms with Crippen molar-refractivity contribution >= 4 is 11.7 Å². The van der Waals surface area contributed by atoms with Crippen LogP contribution in [-0.2, 0) is 59.8 Å². The number of ether oxygens (including phenoxy) is 1. The van der Waals surface area contributed by atoms with Gasteiger partial charge in [-0.3, -0.25) is 19.0 Å². The molecule has 0 spiro atoms. The van der Waals surface area contributed by atoms with E-state index < -0.39 is 0 Å². The SMILES string of the molecule is CC(C)C(=O)CC(c1ccccc1)c1ccc(CCCn2cc(CN[C@@H](c3ccccc3)c3ccc(CCCOCc4cn(CCCc5ccc(C(NC(=O)C(C)C)c6ccccc6)cc5)nn4)cc3)nn2)cc1. The van der Waals surface area contributed by atoms with E-state index in [-0.39, 0.29) is 41.5 Å². The van der Waals surface area contributed by atoms with E-state index in [0.29, 0.717) is 26.2 Å². The Morgan fingerprint density at radius 2 is 0.932 bits per heavy atom. The highest BCUT2D eigenvalue weighted by Crippen LogP contribution is 2.30. The summed E-state index contributed by atoms with van der Waals surface area (Å²) in [6, 6.07) is 57.1. The van der Waals surface area contributed by atoms with Gasteiger partial charge in [0.1, 0.15) is 11.5 Å². The normalized spacial score (nSPS) is 12.7. The lowest BCUT2D eigenvalue weighted by Crippen LogP contribution is -2.32. The molecule has 382 valence electrons. The van der Waals surface area contributed by atoms with Crippen molar-refractivity contribution in [3.05, 3.63) is 238 Å². The number of nitrogens with zero attached hydrogens (tertiary/aromatic N) is 6. The molecule has 0 saturated heterocycles. The average Bonchev–Trinajstić information content (AvgIpc) is 4.10. The van der Waals surface area contributed by atoms with Crippen LogP contribution >= 0.6 is 0 Å². The number of aromatic nitrogens is 6. The lowest BCUT2D eigenvalue weighted by atomic mass is 9.84. The molecule has 0 radical (unpaired) electrons. The van der Waals surface area contributed by atoms with Gasteiger partial charge in [-0.1, -0.05) is 202 Å². The maximum absolute atomic E-state index is 12.8. The van der Waals surface area contributed by atoms with E-state index in [4.69, 9.17) is 4.74 Å². The Kier molecular flexibility index (Phi) is 19.4. The number of nitrogens with one attached hydrogen (secondary N) is 2. The second kappa shape index (κ2) is 27.1. The zero-order chi connectivity index (χ0) is 51.5. The van der Waals surface area contributed by atoms with Crippen LogP contribution in [0.4, 0.5) is 0 Å². The monoisotopic (exact) mass is 989 g/mol. The standard InChI is InChI=1S/C63H72N8O3/c1-46(2)60(72)41-59(51-20-8-5-9-21-51)52-32-26-48(27-33-52)17-14-38-70-43-57(66-68-70)42-64-61(53-22-10-6-11-23-53)55-34-28-50(29-35-55)19-16-40-74-45-58-44-71(69-67-58)39-15-18-49-30-36-56(37-31-49)62(65-63(73)47(3)4)54-24-12-7-13-25-54/h5-13,20-37,43-44,46-47,59,61-62,64H,14-19,38-42,45H2,1-4H3,(H,65,73)/t59?,61-,62?/m0/s1. The summed E-state index contributed by atoms with van der Waals surface area (Å²) >= 11 is 0. The molecular weight excluding hydrogens is 917 g/mol. The van der Waals surface area contributed by atoms with Crippen LogP contribution in [0.2, 0.25) is 0 Å². The van der Waals surface area contributed by atoms with Crippen molar-refractivity contribution in [2.75, 3.05) is 6.61 Å². The van der Waals surface area contributed by atoms with Crippen LogP contribution in [0.3, 0.4) is 0 Å². The van der Waals surface area contributed by atoms with Crippen molar-refractivity contribution in [1.29, 1.82) is 0 Å². The molecule has 2 heterocycles. The fraction of sp³-hybridized carbons (Fsp3) is 0.333. The molecule has 6 aromatic carbocycles. The van der Waals surface area contributed by atoms with Crippen molar-refractivity contribution < 1.29 is 14.3 Å². The van der Waals surface area contributed by atoms with E-state index in [9.17, 15) is 9.59 Å². The van der Waals surface area contributed by atoms with Crippen LogP contribution in [0, 0.1) is 11.8 Å². The molecule has 8 aromatic rings. The quantitative estimate of drug-likeness (QED) is 0.0464. The van der Waals surface area contributed by atoms with Gasteiger partial charge in [-0.15, -0.1) is 10.2 Å². The molecule has 0 fully saturated rings. The first-order chi connectivity index (χ1) is 36.1. The highest BCUT2D eigenvalue weighted by Gasteiger charge is 2.21. The van der Waals surface area contributed by atoms with Gasteiger partial charge in [-0.25, -0.2) is 0 Å². The Labute approximate surface area is 437 Å². The Morgan fingerprint density at radius 1 is 0.500 bits per heavy atom. The predicted octanol–water partition coefficient (Wildman–Crippen LogP) is 11.8. The van der Waals surface area contributed by atoms with Crippen LogP contribution in [0.1, 0.15) is 133 Å². The number of aryl methyl sites for hydroxylation is 5. The molecule has 0 aliphatic carbocycles. The topological polar surface area (TPSA) is 129 Å². The summed E-state index contributed by atoms with van der Waals surface area (Å²) in [4.78, 5) is 25.4. The van der Waals surface area contributed by atoms with Crippen molar-refractivity contribution in [2.24, 2.45) is 11.8 Å². The molecule has 0 aliphatic rings. The number of Topliss-reactive ketones (excluding diaryl/α,β-unsaturated/α-hetero) is 1. The van der Waals surface area contributed by atoms with Crippen LogP contribution in [0.15, 0.2) is 176 Å². The summed E-state index contributed by atoms with van der Waals surface area (Å²) in [6.07, 6.45) is 10.1. The van der Waals surface area contributed by atoms with Crippen LogP contribution in [0.25, 0.3) is 0 Å². The summed E-state index contributed by atoms with van der Waals surface area (Å²) in [7, 11) is 0. The summed E-state index contributed by atoms with van der Waals surface area (Å²) < 4.78 is 9.87. The average molecular weight is 989 g/mol. The fourth-order valence-electron chi connectivity index (χ4n) is 9.30. The molecule has 1 amide bonds. The first-order valence-corrected chi connectivity index (χ1v) is 26.5. The molecule has 11 heteroatoms. The van der Waals surface area contributed by atoms with E-state index in [1.54, 1.807) is 0 Å². The zero-order valence-electron chi connectivity index (χ0n) is 43.5. The van der Waals surface area contributed by atoms with Crippen molar-refractivity contribution in [3.63, 3.8) is 0 Å². The fourth-order valence-corrected chi connectivity index (χ4v) is 9.30. The second-order valence-corrected chi connectivity index (χ2v) is 20.1. The molecular formula is C63H72N8O3. The summed E-state index contributed by atoms with van der Waals surface area (Å²) in [5, 5.41) is 24.7. The third-order valence-electron chi connectivity index (χ3n) is 13.7. The lowest BCUT2D eigenvalue weighted by Gasteiger charge is -2.21. The molecule has 74 heavy (non-hydrogen) atoms. The highest BCUT2D eigenvalue weighted by atomic mass is 16.5. The predicted molar refractivity (Wildman–Crippen MR) is 293 cm³/mol. The van der Waals surface area contributed by atoms with E-state index in [1.165, 1.54) is 38.9 Å². The number of carbonyl (C=O) groups is 2. The van der Waals surface area contributed by atoms with Gasteiger partial charge in [0.2, 0.25) is 5.91 Å². The number of hydrogen-bond donors (Lipinski definition) is 2. The number of amides is 1. The minimum Gasteiger partial charge on any atom is -0.375 e. The molecule has 3 atom stereocenters. The minimum absolute atomic E-state index is 0.00369. The molecule has 0 saturated carbocycles. The third-order valence-corrected chi connectivity index (χ3v) is 13.7. The molecule has 2 N–H and O–H groups in total. The lowest BCUT2D eigenvalue weighted by molar-refractivity contribution is -0.124. The summed E-state index contributed by atoms with van der Waals surface area (Å²) in [5.41, 5.74) is 12.4. The van der Waals surface area contributed by atoms with E-state index in [1.807, 2.05) is 85.9 Å². The van der Waals surface area contributed by atoms with Crippen LogP contribution < -0.4 is 10.6 Å². The molecule has 2 aromatic heterocycles. The number of rotatable bonds is 28. The summed E-state index contributed by atoms with van der Waals surface area (Å²) in [6.45, 7) is 11.0. The molecule has 2 unspecified atom stereocenters. The highest BCUT2D eigenvalue weighted by molar-refractivity contribution is 5.81. The van der Waals surface area contributed by atoms with Gasteiger partial charge in [-0.2, -0.15) is 0 Å². The first kappa shape index (κ1) is 53.0. The van der Waals surface area contributed by atoms with E-state index >= 15 is 0 Å². The molecule has 0 bridgehead atoms. The zero-order valence-corrected chi connectivity index (χ0v) is 43.5. The second-order valence-electron chi connectivity index (χ2n) is 20.1. The Hall–Kier alpha value is -7.34. The molecule has 0 aliphatic heterocycles. The van der Waals surface area contributed by atoms with Gasteiger partial charge in [0, 0.05) is 56.6 Å². The van der Waals surface area contributed by atoms with Crippen molar-refractivity contribution in [2.45, 2.75) is 117 Å². The number of ketones is 1. The molecule has 8 rings (SSSR count). The maximum atomic E-state index is 12.8. The largest absolute Gasteiger partial charge is 0.375 e. The Balaban J connectivity index is 0.745. The van der Waals surface area contributed by atoms with Gasteiger partial charge in [0.15, 0.2) is 0 Å². The molecule has 11 nitrogen and oxygen atoms in total. The number of benzene rings is 6. The smallest absolute Gasteiger partial charge is 0.223 e. The van der Waals surface area contributed by atoms with Crippen LogP contribution in [0.5, 0.6) is 0 Å². The van der Waals surface area contributed by atoms with Gasteiger partial charge < -0.3 is 15.4 Å². The Morgan fingerprint density at radius 3 is 1.46 bits per heavy atom. The third kappa shape index (κ3) is 15.6. The van der Waals surface area contributed by atoms with Crippen molar-refractivity contribution in [1.82, 2.24) is 40.6 Å². The van der Waals surface area contributed by atoms with Gasteiger partial charge in [-0.05, 0) is 88.6 Å². The van der Waals surface area contributed by atoms with E-state index in [0.717, 1.165) is 74.1 Å². The first-order valence-electron chi connectivity index (χ1n) is 26.5. The minimum atomic E-state index is -0.187. The van der Waals surface area contributed by atoms with Crippen LogP contribution in [-0.4, -0.2) is 48.3 Å². The van der Waals surface area contributed by atoms with Crippen molar-refractivity contribution in [3.8, 4) is 0 Å².